The van der Waals surface area contributed by atoms with Gasteiger partial charge in [0.05, 0.1) is 5.69 Å². The lowest BCUT2D eigenvalue weighted by molar-refractivity contribution is 0.444. The SMILES string of the molecule is Cc1cccc(C(C)(C)c2cccc(CCN)c2O)n1. The number of aromatic nitrogens is 1. The number of benzene rings is 1. The van der Waals surface area contributed by atoms with Crippen molar-refractivity contribution >= 4 is 0 Å². The number of hydrogen-bond donors (Lipinski definition) is 2. The summed E-state index contributed by atoms with van der Waals surface area (Å²) in [7, 11) is 0. The van der Waals surface area contributed by atoms with Crippen LogP contribution >= 0.6 is 0 Å². The first-order valence-electron chi connectivity index (χ1n) is 6.92. The third-order valence-corrected chi connectivity index (χ3v) is 3.74. The van der Waals surface area contributed by atoms with E-state index in [1.807, 2.05) is 43.3 Å². The predicted octanol–water partition coefficient (Wildman–Crippen LogP) is 2.92. The number of para-hydroxylation sites is 1. The molecule has 2 rings (SSSR count). The van der Waals surface area contributed by atoms with Gasteiger partial charge in [-0.3, -0.25) is 4.98 Å². The fraction of sp³-hybridized carbons (Fsp3) is 0.353. The third-order valence-electron chi connectivity index (χ3n) is 3.74. The summed E-state index contributed by atoms with van der Waals surface area (Å²) in [5.74, 6) is 0.339. The molecule has 0 unspecified atom stereocenters. The first-order valence-corrected chi connectivity index (χ1v) is 6.92. The molecular formula is C17H22N2O. The maximum absolute atomic E-state index is 10.5. The second kappa shape index (κ2) is 5.63. The molecule has 1 heterocycles. The summed E-state index contributed by atoms with van der Waals surface area (Å²) in [6.07, 6.45) is 0.678. The van der Waals surface area contributed by atoms with E-state index in [1.165, 1.54) is 0 Å². The summed E-state index contributed by atoms with van der Waals surface area (Å²) in [5.41, 5.74) is 8.97. The molecule has 0 aliphatic heterocycles. The normalized spacial score (nSPS) is 11.6. The van der Waals surface area contributed by atoms with Crippen LogP contribution in [0.5, 0.6) is 5.75 Å². The minimum Gasteiger partial charge on any atom is -0.507 e. The molecule has 3 nitrogen and oxygen atoms in total. The predicted molar refractivity (Wildman–Crippen MR) is 82.0 cm³/mol. The summed E-state index contributed by atoms with van der Waals surface area (Å²) in [6.45, 7) is 6.66. The van der Waals surface area contributed by atoms with Crippen LogP contribution in [0.4, 0.5) is 0 Å². The Morgan fingerprint density at radius 2 is 1.85 bits per heavy atom. The average Bonchev–Trinajstić information content (AvgIpc) is 2.41. The molecule has 0 spiro atoms. The van der Waals surface area contributed by atoms with Crippen molar-refractivity contribution < 1.29 is 5.11 Å². The number of hydrogen-bond acceptors (Lipinski definition) is 3. The van der Waals surface area contributed by atoms with Gasteiger partial charge >= 0.3 is 0 Å². The third kappa shape index (κ3) is 2.68. The van der Waals surface area contributed by atoms with E-state index in [0.29, 0.717) is 18.7 Å². The fourth-order valence-corrected chi connectivity index (χ4v) is 2.48. The first kappa shape index (κ1) is 14.5. The van der Waals surface area contributed by atoms with Crippen LogP contribution in [0.2, 0.25) is 0 Å². The average molecular weight is 270 g/mol. The van der Waals surface area contributed by atoms with Gasteiger partial charge in [0, 0.05) is 16.7 Å². The summed E-state index contributed by atoms with van der Waals surface area (Å²) in [5, 5.41) is 10.5. The van der Waals surface area contributed by atoms with Gasteiger partial charge in [0.15, 0.2) is 0 Å². The monoisotopic (exact) mass is 270 g/mol. The summed E-state index contributed by atoms with van der Waals surface area (Å²) in [4.78, 5) is 4.60. The lowest BCUT2D eigenvalue weighted by Gasteiger charge is -2.27. The number of nitrogens with zero attached hydrogens (tertiary/aromatic N) is 1. The molecule has 0 saturated carbocycles. The minimum absolute atomic E-state index is 0.339. The van der Waals surface area contributed by atoms with Crippen molar-refractivity contribution in [3.63, 3.8) is 0 Å². The molecule has 0 atom stereocenters. The Kier molecular flexibility index (Phi) is 4.09. The van der Waals surface area contributed by atoms with Gasteiger partial charge in [0.25, 0.3) is 0 Å². The largest absolute Gasteiger partial charge is 0.507 e. The smallest absolute Gasteiger partial charge is 0.122 e. The van der Waals surface area contributed by atoms with Crippen LogP contribution in [-0.2, 0) is 11.8 Å². The van der Waals surface area contributed by atoms with Gasteiger partial charge < -0.3 is 10.8 Å². The number of phenolic OH excluding ortho intramolecular Hbond substituents is 1. The molecule has 3 N–H and O–H groups in total. The van der Waals surface area contributed by atoms with Crippen LogP contribution in [-0.4, -0.2) is 16.6 Å². The zero-order valence-corrected chi connectivity index (χ0v) is 12.4. The molecule has 0 fully saturated rings. The van der Waals surface area contributed by atoms with E-state index >= 15 is 0 Å². The van der Waals surface area contributed by atoms with E-state index in [1.54, 1.807) is 0 Å². The van der Waals surface area contributed by atoms with E-state index in [4.69, 9.17) is 5.73 Å². The highest BCUT2D eigenvalue weighted by Crippen LogP contribution is 2.37. The van der Waals surface area contributed by atoms with Gasteiger partial charge in [-0.2, -0.15) is 0 Å². The lowest BCUT2D eigenvalue weighted by Crippen LogP contribution is -2.21. The van der Waals surface area contributed by atoms with Crippen LogP contribution in [0.3, 0.4) is 0 Å². The molecule has 2 aromatic rings. The Morgan fingerprint density at radius 1 is 1.15 bits per heavy atom. The summed E-state index contributed by atoms with van der Waals surface area (Å²) < 4.78 is 0. The second-order valence-electron chi connectivity index (χ2n) is 5.64. The number of aromatic hydroxyl groups is 1. The molecule has 20 heavy (non-hydrogen) atoms. The number of aryl methyl sites for hydroxylation is 1. The van der Waals surface area contributed by atoms with Crippen LogP contribution in [0.1, 0.15) is 36.4 Å². The van der Waals surface area contributed by atoms with Gasteiger partial charge in [0.2, 0.25) is 0 Å². The van der Waals surface area contributed by atoms with Crippen molar-refractivity contribution in [1.29, 1.82) is 0 Å². The zero-order chi connectivity index (χ0) is 14.8. The van der Waals surface area contributed by atoms with Crippen LogP contribution in [0, 0.1) is 6.92 Å². The highest BCUT2D eigenvalue weighted by molar-refractivity contribution is 5.48. The number of rotatable bonds is 4. The first-order chi connectivity index (χ1) is 9.46. The molecule has 0 radical (unpaired) electrons. The number of pyridine rings is 1. The topological polar surface area (TPSA) is 59.1 Å². The lowest BCUT2D eigenvalue weighted by atomic mass is 9.79. The summed E-state index contributed by atoms with van der Waals surface area (Å²) in [6, 6.07) is 11.8. The highest BCUT2D eigenvalue weighted by atomic mass is 16.3. The van der Waals surface area contributed by atoms with Gasteiger partial charge in [0.1, 0.15) is 5.75 Å². The zero-order valence-electron chi connectivity index (χ0n) is 12.4. The number of phenols is 1. The molecule has 0 amide bonds. The number of nitrogens with two attached hydrogens (primary N) is 1. The Labute approximate surface area is 120 Å². The molecule has 1 aromatic heterocycles. The fourth-order valence-electron chi connectivity index (χ4n) is 2.48. The minimum atomic E-state index is -0.347. The van der Waals surface area contributed by atoms with E-state index in [-0.39, 0.29) is 5.41 Å². The van der Waals surface area contributed by atoms with Gasteiger partial charge in [-0.05, 0) is 37.6 Å². The van der Waals surface area contributed by atoms with Crippen molar-refractivity contribution in [3.05, 3.63) is 58.9 Å². The molecule has 0 aliphatic rings. The molecule has 1 aromatic carbocycles. The Balaban J connectivity index is 2.51. The van der Waals surface area contributed by atoms with Crippen molar-refractivity contribution in [3.8, 4) is 5.75 Å². The van der Waals surface area contributed by atoms with Crippen LogP contribution in [0.15, 0.2) is 36.4 Å². The standard InChI is InChI=1S/C17H22N2O/c1-12-6-4-9-15(19-12)17(2,3)14-8-5-7-13(10-11-18)16(14)20/h4-9,20H,10-11,18H2,1-3H3. The highest BCUT2D eigenvalue weighted by Gasteiger charge is 2.28. The Morgan fingerprint density at radius 3 is 2.50 bits per heavy atom. The molecule has 3 heteroatoms. The maximum atomic E-state index is 10.5. The van der Waals surface area contributed by atoms with E-state index in [0.717, 1.165) is 22.5 Å². The van der Waals surface area contributed by atoms with Crippen molar-refractivity contribution in [2.75, 3.05) is 6.54 Å². The van der Waals surface area contributed by atoms with Gasteiger partial charge in [-0.1, -0.05) is 38.1 Å². The van der Waals surface area contributed by atoms with E-state index < -0.39 is 0 Å². The summed E-state index contributed by atoms with van der Waals surface area (Å²) >= 11 is 0. The quantitative estimate of drug-likeness (QED) is 0.898. The van der Waals surface area contributed by atoms with E-state index in [2.05, 4.69) is 18.8 Å². The maximum Gasteiger partial charge on any atom is 0.122 e. The van der Waals surface area contributed by atoms with E-state index in [9.17, 15) is 5.11 Å². The van der Waals surface area contributed by atoms with Crippen molar-refractivity contribution in [1.82, 2.24) is 4.98 Å². The molecule has 0 saturated heterocycles. The van der Waals surface area contributed by atoms with Crippen LogP contribution < -0.4 is 5.73 Å². The molecular weight excluding hydrogens is 248 g/mol. The van der Waals surface area contributed by atoms with Crippen molar-refractivity contribution in [2.45, 2.75) is 32.6 Å². The van der Waals surface area contributed by atoms with Crippen molar-refractivity contribution in [2.24, 2.45) is 5.73 Å². The van der Waals surface area contributed by atoms with Gasteiger partial charge in [-0.25, -0.2) is 0 Å². The van der Waals surface area contributed by atoms with Crippen LogP contribution in [0.25, 0.3) is 0 Å². The Bertz CT molecular complexity index is 606. The van der Waals surface area contributed by atoms with Gasteiger partial charge in [-0.15, -0.1) is 0 Å². The molecule has 0 bridgehead atoms. The molecule has 0 aliphatic carbocycles. The second-order valence-corrected chi connectivity index (χ2v) is 5.64. The molecule has 106 valence electrons. The Hall–Kier alpha value is -1.87.